The zero-order chi connectivity index (χ0) is 12.0. The summed E-state index contributed by atoms with van der Waals surface area (Å²) in [5.74, 6) is 2.23. The molecule has 92 valence electrons. The molecule has 1 N–H and O–H groups in total. The van der Waals surface area contributed by atoms with Gasteiger partial charge in [0.1, 0.15) is 0 Å². The SMILES string of the molecule is CCCSCC(NCC)c1c(Cl)cnn1C. The lowest BCUT2D eigenvalue weighted by molar-refractivity contribution is 0.553. The summed E-state index contributed by atoms with van der Waals surface area (Å²) in [4.78, 5) is 0. The van der Waals surface area contributed by atoms with Gasteiger partial charge in [-0.3, -0.25) is 4.68 Å². The van der Waals surface area contributed by atoms with Gasteiger partial charge in [-0.1, -0.05) is 25.4 Å². The van der Waals surface area contributed by atoms with Crippen LogP contribution in [0.15, 0.2) is 6.20 Å². The molecule has 0 spiro atoms. The Morgan fingerprint density at radius 2 is 2.31 bits per heavy atom. The molecule has 0 fully saturated rings. The summed E-state index contributed by atoms with van der Waals surface area (Å²) in [5.41, 5.74) is 1.09. The fraction of sp³-hybridized carbons (Fsp3) is 0.727. The van der Waals surface area contributed by atoms with E-state index < -0.39 is 0 Å². The number of nitrogens with one attached hydrogen (secondary N) is 1. The summed E-state index contributed by atoms with van der Waals surface area (Å²) in [6.07, 6.45) is 2.92. The maximum Gasteiger partial charge on any atom is 0.0834 e. The molecular formula is C11H20ClN3S. The highest BCUT2D eigenvalue weighted by atomic mass is 35.5. The van der Waals surface area contributed by atoms with Crippen LogP contribution < -0.4 is 5.32 Å². The molecule has 0 aliphatic heterocycles. The number of nitrogens with zero attached hydrogens (tertiary/aromatic N) is 2. The molecule has 1 unspecified atom stereocenters. The molecule has 5 heteroatoms. The van der Waals surface area contributed by atoms with Crippen molar-refractivity contribution in [1.82, 2.24) is 15.1 Å². The predicted molar refractivity (Wildman–Crippen MR) is 72.3 cm³/mol. The van der Waals surface area contributed by atoms with E-state index in [1.807, 2.05) is 23.5 Å². The molecule has 1 aromatic heterocycles. The van der Waals surface area contributed by atoms with Gasteiger partial charge in [-0.15, -0.1) is 0 Å². The average Bonchev–Trinajstić information content (AvgIpc) is 2.58. The van der Waals surface area contributed by atoms with Crippen LogP contribution in [0.2, 0.25) is 5.02 Å². The molecule has 0 saturated carbocycles. The molecule has 0 aromatic carbocycles. The van der Waals surface area contributed by atoms with Gasteiger partial charge in [0.05, 0.1) is 23.0 Å². The molecule has 3 nitrogen and oxygen atoms in total. The van der Waals surface area contributed by atoms with Gasteiger partial charge < -0.3 is 5.32 Å². The van der Waals surface area contributed by atoms with Crippen LogP contribution in [0.1, 0.15) is 32.0 Å². The van der Waals surface area contributed by atoms with Gasteiger partial charge in [0.2, 0.25) is 0 Å². The Morgan fingerprint density at radius 1 is 1.56 bits per heavy atom. The molecular weight excluding hydrogens is 242 g/mol. The number of aromatic nitrogens is 2. The zero-order valence-corrected chi connectivity index (χ0v) is 11.7. The van der Waals surface area contributed by atoms with Crippen LogP contribution in [0.5, 0.6) is 0 Å². The number of hydrogen-bond donors (Lipinski definition) is 1. The van der Waals surface area contributed by atoms with E-state index in [2.05, 4.69) is 24.3 Å². The van der Waals surface area contributed by atoms with Crippen LogP contribution in [0, 0.1) is 0 Å². The quantitative estimate of drug-likeness (QED) is 0.766. The molecule has 0 radical (unpaired) electrons. The molecule has 0 bridgehead atoms. The molecule has 16 heavy (non-hydrogen) atoms. The Morgan fingerprint density at radius 3 is 2.81 bits per heavy atom. The highest BCUT2D eigenvalue weighted by molar-refractivity contribution is 7.99. The van der Waals surface area contributed by atoms with Crippen LogP contribution >= 0.6 is 23.4 Å². The topological polar surface area (TPSA) is 29.9 Å². The van der Waals surface area contributed by atoms with Crippen molar-refractivity contribution in [1.29, 1.82) is 0 Å². The van der Waals surface area contributed by atoms with Crippen molar-refractivity contribution in [3.63, 3.8) is 0 Å². The van der Waals surface area contributed by atoms with E-state index in [9.17, 15) is 0 Å². The van der Waals surface area contributed by atoms with Crippen molar-refractivity contribution in [2.45, 2.75) is 26.3 Å². The molecule has 0 saturated heterocycles. The Kier molecular flexibility index (Phi) is 6.24. The maximum atomic E-state index is 6.16. The van der Waals surface area contributed by atoms with Crippen molar-refractivity contribution in [2.75, 3.05) is 18.1 Å². The predicted octanol–water partition coefficient (Wildman–Crippen LogP) is 2.87. The van der Waals surface area contributed by atoms with Gasteiger partial charge in [0.15, 0.2) is 0 Å². The van der Waals surface area contributed by atoms with Gasteiger partial charge in [-0.25, -0.2) is 0 Å². The maximum absolute atomic E-state index is 6.16. The van der Waals surface area contributed by atoms with Crippen molar-refractivity contribution in [3.05, 3.63) is 16.9 Å². The van der Waals surface area contributed by atoms with Crippen molar-refractivity contribution < 1.29 is 0 Å². The standard InChI is InChI=1S/C11H20ClN3S/c1-4-6-16-8-10(13-5-2)11-9(12)7-14-15(11)3/h7,10,13H,4-6,8H2,1-3H3. The smallest absolute Gasteiger partial charge is 0.0834 e. The molecule has 1 aromatic rings. The lowest BCUT2D eigenvalue weighted by Crippen LogP contribution is -2.25. The summed E-state index contributed by atoms with van der Waals surface area (Å²) < 4.78 is 1.86. The zero-order valence-electron chi connectivity index (χ0n) is 10.2. The first kappa shape index (κ1) is 13.9. The fourth-order valence-electron chi connectivity index (χ4n) is 1.64. The highest BCUT2D eigenvalue weighted by Crippen LogP contribution is 2.25. The van der Waals surface area contributed by atoms with E-state index >= 15 is 0 Å². The summed E-state index contributed by atoms with van der Waals surface area (Å²) in [6.45, 7) is 5.26. The minimum Gasteiger partial charge on any atom is -0.308 e. The van der Waals surface area contributed by atoms with E-state index in [-0.39, 0.29) is 0 Å². The summed E-state index contributed by atoms with van der Waals surface area (Å²) in [6, 6.07) is 0.293. The Balaban J connectivity index is 2.68. The van der Waals surface area contributed by atoms with Crippen molar-refractivity contribution in [2.24, 2.45) is 7.05 Å². The van der Waals surface area contributed by atoms with Crippen LogP contribution in [0.4, 0.5) is 0 Å². The highest BCUT2D eigenvalue weighted by Gasteiger charge is 2.17. The largest absolute Gasteiger partial charge is 0.308 e. The number of aryl methyl sites for hydroxylation is 1. The van der Waals surface area contributed by atoms with Crippen molar-refractivity contribution in [3.8, 4) is 0 Å². The number of halogens is 1. The van der Waals surface area contributed by atoms with Gasteiger partial charge >= 0.3 is 0 Å². The van der Waals surface area contributed by atoms with E-state index in [4.69, 9.17) is 11.6 Å². The summed E-state index contributed by atoms with van der Waals surface area (Å²) in [5, 5.41) is 8.40. The Hall–Kier alpha value is -0.190. The molecule has 0 aliphatic rings. The molecule has 1 heterocycles. The third kappa shape index (κ3) is 3.68. The fourth-order valence-corrected chi connectivity index (χ4v) is 2.90. The van der Waals surface area contributed by atoms with Crippen molar-refractivity contribution >= 4 is 23.4 Å². The second-order valence-electron chi connectivity index (χ2n) is 3.69. The first-order valence-electron chi connectivity index (χ1n) is 5.69. The first-order valence-corrected chi connectivity index (χ1v) is 7.22. The Labute approximate surface area is 107 Å². The van der Waals surface area contributed by atoms with Gasteiger partial charge in [-0.05, 0) is 18.7 Å². The summed E-state index contributed by atoms with van der Waals surface area (Å²) >= 11 is 8.11. The minimum atomic E-state index is 0.293. The minimum absolute atomic E-state index is 0.293. The van der Waals surface area contributed by atoms with E-state index in [0.717, 1.165) is 23.0 Å². The monoisotopic (exact) mass is 261 g/mol. The second kappa shape index (κ2) is 7.20. The molecule has 1 rings (SSSR count). The van der Waals surface area contributed by atoms with Gasteiger partial charge in [-0.2, -0.15) is 16.9 Å². The number of hydrogen-bond acceptors (Lipinski definition) is 3. The van der Waals surface area contributed by atoms with Crippen LogP contribution in [-0.2, 0) is 7.05 Å². The van der Waals surface area contributed by atoms with E-state index in [1.54, 1.807) is 6.20 Å². The number of thioether (sulfide) groups is 1. The molecule has 0 amide bonds. The summed E-state index contributed by atoms with van der Waals surface area (Å²) in [7, 11) is 1.94. The van der Waals surface area contributed by atoms with Gasteiger partial charge in [0, 0.05) is 12.8 Å². The first-order chi connectivity index (χ1) is 7.70. The molecule has 0 aliphatic carbocycles. The van der Waals surface area contributed by atoms with E-state index in [0.29, 0.717) is 6.04 Å². The third-order valence-electron chi connectivity index (χ3n) is 2.35. The number of rotatable bonds is 7. The van der Waals surface area contributed by atoms with E-state index in [1.165, 1.54) is 12.2 Å². The van der Waals surface area contributed by atoms with Crippen LogP contribution in [0.3, 0.4) is 0 Å². The van der Waals surface area contributed by atoms with Gasteiger partial charge in [0.25, 0.3) is 0 Å². The van der Waals surface area contributed by atoms with Crippen LogP contribution in [-0.4, -0.2) is 27.8 Å². The second-order valence-corrected chi connectivity index (χ2v) is 5.24. The Bertz CT molecular complexity index is 295. The lowest BCUT2D eigenvalue weighted by atomic mass is 10.2. The van der Waals surface area contributed by atoms with Crippen LogP contribution in [0.25, 0.3) is 0 Å². The average molecular weight is 262 g/mol. The third-order valence-corrected chi connectivity index (χ3v) is 3.91. The lowest BCUT2D eigenvalue weighted by Gasteiger charge is -2.18. The molecule has 1 atom stereocenters. The normalized spacial score (nSPS) is 13.0.